The van der Waals surface area contributed by atoms with E-state index in [2.05, 4.69) is 0 Å². The molecule has 1 amide bonds. The number of ether oxygens (including phenoxy) is 2. The average Bonchev–Trinajstić information content (AvgIpc) is 2.93. The highest BCUT2D eigenvalue weighted by Crippen LogP contribution is 2.20. The molecular weight excluding hydrogens is 288 g/mol. The summed E-state index contributed by atoms with van der Waals surface area (Å²) in [7, 11) is 3.35. The van der Waals surface area contributed by atoms with Crippen LogP contribution in [0.2, 0.25) is 0 Å². The van der Waals surface area contributed by atoms with E-state index in [-0.39, 0.29) is 5.91 Å². The van der Waals surface area contributed by atoms with Gasteiger partial charge in [0.25, 0.3) is 5.91 Å². The van der Waals surface area contributed by atoms with Crippen molar-refractivity contribution in [3.05, 3.63) is 40.6 Å². The van der Waals surface area contributed by atoms with Crippen LogP contribution >= 0.6 is 11.3 Å². The lowest BCUT2D eigenvalue weighted by Crippen LogP contribution is -2.30. The summed E-state index contributed by atoms with van der Waals surface area (Å²) in [5.74, 6) is 1.44. The molecule has 2 rings (SSSR count). The minimum absolute atomic E-state index is 0.0826. The number of nitrogens with two attached hydrogens (primary N) is 1. The number of anilines is 1. The van der Waals surface area contributed by atoms with Gasteiger partial charge in [0.15, 0.2) is 0 Å². The molecule has 2 aromatic rings. The Kier molecular flexibility index (Phi) is 5.05. The fourth-order valence-corrected chi connectivity index (χ4v) is 2.55. The SMILES string of the molecule is COc1ccc(OCCN(C)C(=O)c2sccc2N)cc1. The summed E-state index contributed by atoms with van der Waals surface area (Å²) in [6.07, 6.45) is 0. The molecule has 2 N–H and O–H groups in total. The van der Waals surface area contributed by atoms with Crippen molar-refractivity contribution in [1.29, 1.82) is 0 Å². The monoisotopic (exact) mass is 306 g/mol. The molecule has 1 aromatic heterocycles. The van der Waals surface area contributed by atoms with E-state index in [4.69, 9.17) is 15.2 Å². The number of nitrogen functional groups attached to an aromatic ring is 1. The molecule has 0 spiro atoms. The normalized spacial score (nSPS) is 10.2. The van der Waals surface area contributed by atoms with Gasteiger partial charge in [-0.3, -0.25) is 4.79 Å². The van der Waals surface area contributed by atoms with Crippen LogP contribution in [0.1, 0.15) is 9.67 Å². The van der Waals surface area contributed by atoms with E-state index in [0.717, 1.165) is 11.5 Å². The molecule has 0 fully saturated rings. The van der Waals surface area contributed by atoms with Crippen LogP contribution in [0.25, 0.3) is 0 Å². The first-order valence-corrected chi connectivity index (χ1v) is 7.35. The number of likely N-dealkylation sites (N-methyl/N-ethyl adjacent to an activating group) is 1. The Morgan fingerprint density at radius 2 is 1.90 bits per heavy atom. The number of carbonyl (C=O) groups excluding carboxylic acids is 1. The number of benzene rings is 1. The summed E-state index contributed by atoms with van der Waals surface area (Å²) < 4.78 is 10.7. The van der Waals surface area contributed by atoms with Crippen molar-refractivity contribution in [3.63, 3.8) is 0 Å². The van der Waals surface area contributed by atoms with Crippen LogP contribution in [0.4, 0.5) is 5.69 Å². The maximum absolute atomic E-state index is 12.1. The van der Waals surface area contributed by atoms with Crippen LogP contribution < -0.4 is 15.2 Å². The summed E-state index contributed by atoms with van der Waals surface area (Å²) in [6, 6.07) is 9.06. The number of carbonyl (C=O) groups is 1. The lowest BCUT2D eigenvalue weighted by atomic mass is 10.3. The van der Waals surface area contributed by atoms with Gasteiger partial charge in [0.2, 0.25) is 0 Å². The van der Waals surface area contributed by atoms with Crippen LogP contribution in [-0.2, 0) is 0 Å². The maximum Gasteiger partial charge on any atom is 0.265 e. The molecule has 0 aliphatic heterocycles. The smallest absolute Gasteiger partial charge is 0.265 e. The Morgan fingerprint density at radius 3 is 2.48 bits per heavy atom. The Morgan fingerprint density at radius 1 is 1.24 bits per heavy atom. The molecule has 1 aromatic carbocycles. The number of methoxy groups -OCH3 is 1. The zero-order valence-corrected chi connectivity index (χ0v) is 12.9. The van der Waals surface area contributed by atoms with Crippen LogP contribution in [-0.4, -0.2) is 38.1 Å². The standard InChI is InChI=1S/C15H18N2O3S/c1-17(15(18)14-13(16)7-10-21-14)8-9-20-12-5-3-11(19-2)4-6-12/h3-7,10H,8-9,16H2,1-2H3. The Labute approximate surface area is 127 Å². The van der Waals surface area contributed by atoms with Crippen molar-refractivity contribution < 1.29 is 14.3 Å². The van der Waals surface area contributed by atoms with Crippen molar-refractivity contribution in [2.45, 2.75) is 0 Å². The molecule has 1 heterocycles. The first kappa shape index (κ1) is 15.2. The quantitative estimate of drug-likeness (QED) is 0.890. The number of amides is 1. The van der Waals surface area contributed by atoms with E-state index in [1.54, 1.807) is 25.1 Å². The van der Waals surface area contributed by atoms with Crippen LogP contribution in [0.15, 0.2) is 35.7 Å². The van der Waals surface area contributed by atoms with Gasteiger partial charge in [-0.1, -0.05) is 0 Å². The summed E-state index contributed by atoms with van der Waals surface area (Å²) in [5.41, 5.74) is 6.27. The fraction of sp³-hybridized carbons (Fsp3) is 0.267. The van der Waals surface area contributed by atoms with Gasteiger partial charge in [0.1, 0.15) is 23.0 Å². The van der Waals surface area contributed by atoms with Crippen molar-refractivity contribution in [2.75, 3.05) is 33.0 Å². The average molecular weight is 306 g/mol. The lowest BCUT2D eigenvalue weighted by Gasteiger charge is -2.17. The van der Waals surface area contributed by atoms with E-state index >= 15 is 0 Å². The molecule has 5 nitrogen and oxygen atoms in total. The highest BCUT2D eigenvalue weighted by molar-refractivity contribution is 7.12. The molecule has 0 saturated heterocycles. The summed E-state index contributed by atoms with van der Waals surface area (Å²) in [4.78, 5) is 14.3. The molecule has 0 radical (unpaired) electrons. The predicted molar refractivity (Wildman–Crippen MR) is 84.2 cm³/mol. The summed E-state index contributed by atoms with van der Waals surface area (Å²) in [6.45, 7) is 0.905. The topological polar surface area (TPSA) is 64.8 Å². The van der Waals surface area contributed by atoms with Crippen molar-refractivity contribution in [3.8, 4) is 11.5 Å². The second-order valence-corrected chi connectivity index (χ2v) is 5.37. The molecule has 21 heavy (non-hydrogen) atoms. The minimum atomic E-state index is -0.0826. The predicted octanol–water partition coefficient (Wildman–Crippen LogP) is 2.49. The third kappa shape index (κ3) is 3.88. The van der Waals surface area contributed by atoms with E-state index in [1.807, 2.05) is 29.6 Å². The first-order chi connectivity index (χ1) is 10.1. The van der Waals surface area contributed by atoms with E-state index < -0.39 is 0 Å². The number of hydrogen-bond donors (Lipinski definition) is 1. The van der Waals surface area contributed by atoms with E-state index in [9.17, 15) is 4.79 Å². The third-order valence-corrected chi connectivity index (χ3v) is 3.91. The fourth-order valence-electron chi connectivity index (χ4n) is 1.74. The van der Waals surface area contributed by atoms with Crippen molar-refractivity contribution in [1.82, 2.24) is 4.90 Å². The van der Waals surface area contributed by atoms with Gasteiger partial charge in [-0.2, -0.15) is 0 Å². The van der Waals surface area contributed by atoms with Crippen LogP contribution in [0.5, 0.6) is 11.5 Å². The summed E-state index contributed by atoms with van der Waals surface area (Å²) in [5, 5.41) is 1.81. The second kappa shape index (κ2) is 6.99. The molecule has 0 unspecified atom stereocenters. The highest BCUT2D eigenvalue weighted by atomic mass is 32.1. The Balaban J connectivity index is 1.82. The van der Waals surface area contributed by atoms with Gasteiger partial charge in [0.05, 0.1) is 19.3 Å². The van der Waals surface area contributed by atoms with Gasteiger partial charge >= 0.3 is 0 Å². The molecule has 0 atom stereocenters. The molecular formula is C15H18N2O3S. The largest absolute Gasteiger partial charge is 0.497 e. The highest BCUT2D eigenvalue weighted by Gasteiger charge is 2.15. The first-order valence-electron chi connectivity index (χ1n) is 6.47. The molecule has 0 bridgehead atoms. The van der Waals surface area contributed by atoms with Gasteiger partial charge in [0, 0.05) is 7.05 Å². The maximum atomic E-state index is 12.1. The van der Waals surface area contributed by atoms with Gasteiger partial charge < -0.3 is 20.1 Å². The Hall–Kier alpha value is -2.21. The van der Waals surface area contributed by atoms with Gasteiger partial charge in [-0.15, -0.1) is 11.3 Å². The zero-order chi connectivity index (χ0) is 15.2. The number of rotatable bonds is 6. The molecule has 0 aliphatic rings. The molecule has 6 heteroatoms. The minimum Gasteiger partial charge on any atom is -0.497 e. The molecule has 112 valence electrons. The van der Waals surface area contributed by atoms with Gasteiger partial charge in [-0.25, -0.2) is 0 Å². The number of hydrogen-bond acceptors (Lipinski definition) is 5. The zero-order valence-electron chi connectivity index (χ0n) is 12.0. The van der Waals surface area contributed by atoms with Crippen LogP contribution in [0.3, 0.4) is 0 Å². The third-order valence-electron chi connectivity index (χ3n) is 2.99. The van der Waals surface area contributed by atoms with Gasteiger partial charge in [-0.05, 0) is 35.7 Å². The summed E-state index contributed by atoms with van der Waals surface area (Å²) >= 11 is 1.35. The van der Waals surface area contributed by atoms with Crippen molar-refractivity contribution >= 4 is 22.9 Å². The second-order valence-electron chi connectivity index (χ2n) is 4.46. The Bertz CT molecular complexity index is 595. The van der Waals surface area contributed by atoms with Crippen molar-refractivity contribution in [2.24, 2.45) is 0 Å². The van der Waals surface area contributed by atoms with E-state index in [1.165, 1.54) is 11.3 Å². The van der Waals surface area contributed by atoms with Crippen LogP contribution in [0, 0.1) is 0 Å². The molecule has 0 aliphatic carbocycles. The van der Waals surface area contributed by atoms with E-state index in [0.29, 0.717) is 23.7 Å². The molecule has 0 saturated carbocycles. The number of thiophene rings is 1. The number of nitrogens with zero attached hydrogens (tertiary/aromatic N) is 1. The lowest BCUT2D eigenvalue weighted by molar-refractivity contribution is 0.0779.